The molecule has 0 saturated heterocycles. The molecular formula is C16H11N7OS. The number of rotatable bonds is 2. The normalized spacial score (nSPS) is 15.3. The van der Waals surface area contributed by atoms with E-state index in [4.69, 9.17) is 0 Å². The molecule has 4 heterocycles. The summed E-state index contributed by atoms with van der Waals surface area (Å²) in [4.78, 5) is 13.5. The molecule has 3 aromatic heterocycles. The monoisotopic (exact) mass is 349 g/mol. The Bertz CT molecular complexity index is 1100. The molecule has 2 N–H and O–H groups in total. The fourth-order valence-corrected chi connectivity index (χ4v) is 3.88. The average Bonchev–Trinajstić information content (AvgIpc) is 3.33. The second kappa shape index (κ2) is 5.35. The number of nitrogens with zero attached hydrogens (tertiary/aromatic N) is 5. The molecular weight excluding hydrogens is 338 g/mol. The summed E-state index contributed by atoms with van der Waals surface area (Å²) < 4.78 is 1.68. The van der Waals surface area contributed by atoms with E-state index in [1.807, 2.05) is 47.8 Å². The van der Waals surface area contributed by atoms with Gasteiger partial charge in [-0.05, 0) is 21.9 Å². The molecule has 1 aliphatic heterocycles. The van der Waals surface area contributed by atoms with Crippen LogP contribution in [0.2, 0.25) is 0 Å². The van der Waals surface area contributed by atoms with Gasteiger partial charge in [0.2, 0.25) is 5.95 Å². The molecule has 1 aliphatic rings. The van der Waals surface area contributed by atoms with Crippen LogP contribution in [0.5, 0.6) is 0 Å². The Hall–Kier alpha value is -3.33. The van der Waals surface area contributed by atoms with Gasteiger partial charge in [-0.2, -0.15) is 9.78 Å². The predicted octanol–water partition coefficient (Wildman–Crippen LogP) is 2.18. The highest BCUT2D eigenvalue weighted by atomic mass is 32.1. The number of aromatic amines is 1. The molecule has 1 atom stereocenters. The lowest BCUT2D eigenvalue weighted by molar-refractivity contribution is 0.574. The Morgan fingerprint density at radius 3 is 2.80 bits per heavy atom. The Labute approximate surface area is 145 Å². The van der Waals surface area contributed by atoms with Gasteiger partial charge in [-0.1, -0.05) is 41.5 Å². The van der Waals surface area contributed by atoms with Crippen LogP contribution in [-0.2, 0) is 0 Å². The first kappa shape index (κ1) is 14.1. The van der Waals surface area contributed by atoms with E-state index in [0.29, 0.717) is 17.3 Å². The number of H-pyrrole nitrogens is 1. The molecule has 4 aromatic rings. The highest BCUT2D eigenvalue weighted by Gasteiger charge is 2.34. The van der Waals surface area contributed by atoms with E-state index >= 15 is 0 Å². The first-order chi connectivity index (χ1) is 12.3. The number of anilines is 2. The lowest BCUT2D eigenvalue weighted by atomic mass is 9.96. The third-order valence-electron chi connectivity index (χ3n) is 4.13. The van der Waals surface area contributed by atoms with Gasteiger partial charge in [-0.3, -0.25) is 4.79 Å². The van der Waals surface area contributed by atoms with Crippen molar-refractivity contribution < 1.29 is 0 Å². The van der Waals surface area contributed by atoms with E-state index in [9.17, 15) is 4.79 Å². The first-order valence-electron chi connectivity index (χ1n) is 7.59. The van der Waals surface area contributed by atoms with Gasteiger partial charge in [0.05, 0.1) is 5.69 Å². The molecule has 0 amide bonds. The number of fused-ring (bicyclic) bond motifs is 2. The van der Waals surface area contributed by atoms with Gasteiger partial charge >= 0.3 is 0 Å². The molecule has 0 saturated carbocycles. The molecule has 0 aliphatic carbocycles. The number of thiophene rings is 1. The summed E-state index contributed by atoms with van der Waals surface area (Å²) in [7, 11) is 0. The van der Waals surface area contributed by atoms with Gasteiger partial charge in [0, 0.05) is 16.0 Å². The van der Waals surface area contributed by atoms with Crippen LogP contribution < -0.4 is 10.9 Å². The second-order valence-electron chi connectivity index (χ2n) is 5.55. The number of aromatic nitrogens is 6. The maximum Gasteiger partial charge on any atom is 0.288 e. The van der Waals surface area contributed by atoms with E-state index in [2.05, 4.69) is 31.0 Å². The lowest BCUT2D eigenvalue weighted by Crippen LogP contribution is -2.28. The topological polar surface area (TPSA) is 101 Å². The lowest BCUT2D eigenvalue weighted by Gasteiger charge is -2.26. The maximum absolute atomic E-state index is 12.4. The third-order valence-corrected chi connectivity index (χ3v) is 5.05. The molecule has 8 nitrogen and oxygen atoms in total. The van der Waals surface area contributed by atoms with Gasteiger partial charge in [0.15, 0.2) is 0 Å². The molecule has 1 aromatic carbocycles. The van der Waals surface area contributed by atoms with E-state index < -0.39 is 0 Å². The van der Waals surface area contributed by atoms with Gasteiger partial charge in [-0.25, -0.2) is 5.10 Å². The number of nitrogens with one attached hydrogen (secondary N) is 2. The van der Waals surface area contributed by atoms with Gasteiger partial charge in [0.1, 0.15) is 11.7 Å². The second-order valence-corrected chi connectivity index (χ2v) is 6.53. The van der Waals surface area contributed by atoms with Crippen molar-refractivity contribution >= 4 is 23.0 Å². The standard InChI is InChI=1S/C16H11N7OS/c24-15-13-11(12(18-19-15)9-5-2-1-3-6-9)14(10-7-4-8-25-10)23-16(17-13)20-21-22-23/h1-8,14H,(H,19,24)(H,17,20,22)/t14-/m0/s1. The number of tetrazole rings is 1. The van der Waals surface area contributed by atoms with Gasteiger partial charge < -0.3 is 5.32 Å². The summed E-state index contributed by atoms with van der Waals surface area (Å²) in [6.45, 7) is 0. The Balaban J connectivity index is 1.85. The highest BCUT2D eigenvalue weighted by molar-refractivity contribution is 7.10. The molecule has 122 valence electrons. The summed E-state index contributed by atoms with van der Waals surface area (Å²) in [5.41, 5.74) is 2.49. The number of hydrogen-bond acceptors (Lipinski definition) is 7. The minimum absolute atomic E-state index is 0.300. The Morgan fingerprint density at radius 1 is 1.12 bits per heavy atom. The van der Waals surface area contributed by atoms with Crippen molar-refractivity contribution in [1.82, 2.24) is 30.4 Å². The van der Waals surface area contributed by atoms with Crippen LogP contribution >= 0.6 is 11.3 Å². The zero-order valence-electron chi connectivity index (χ0n) is 12.7. The average molecular weight is 349 g/mol. The summed E-state index contributed by atoms with van der Waals surface area (Å²) in [6, 6.07) is 13.4. The molecule has 0 spiro atoms. The molecule has 0 fully saturated rings. The van der Waals surface area contributed by atoms with Crippen LogP contribution in [0.3, 0.4) is 0 Å². The molecule has 0 radical (unpaired) electrons. The van der Waals surface area contributed by atoms with Crippen LogP contribution in [0.25, 0.3) is 11.3 Å². The van der Waals surface area contributed by atoms with E-state index in [0.717, 1.165) is 16.0 Å². The van der Waals surface area contributed by atoms with Crippen molar-refractivity contribution in [3.63, 3.8) is 0 Å². The first-order valence-corrected chi connectivity index (χ1v) is 8.47. The molecule has 25 heavy (non-hydrogen) atoms. The minimum atomic E-state index is -0.314. The van der Waals surface area contributed by atoms with E-state index in [1.54, 1.807) is 16.0 Å². The predicted molar refractivity (Wildman–Crippen MR) is 93.0 cm³/mol. The SMILES string of the molecule is O=c1[nH]nc(-c2ccccc2)c2c1Nc1nnnn1[C@H]2c1cccs1. The van der Waals surface area contributed by atoms with E-state index in [1.165, 1.54) is 0 Å². The smallest absolute Gasteiger partial charge is 0.288 e. The van der Waals surface area contributed by atoms with Crippen LogP contribution in [0.4, 0.5) is 11.6 Å². The van der Waals surface area contributed by atoms with Crippen LogP contribution in [0.15, 0.2) is 52.6 Å². The van der Waals surface area contributed by atoms with Crippen molar-refractivity contribution in [1.29, 1.82) is 0 Å². The number of benzene rings is 1. The van der Waals surface area contributed by atoms with Crippen LogP contribution in [0, 0.1) is 0 Å². The largest absolute Gasteiger partial charge is 0.318 e. The van der Waals surface area contributed by atoms with Crippen LogP contribution in [-0.4, -0.2) is 30.4 Å². The van der Waals surface area contributed by atoms with Gasteiger partial charge in [-0.15, -0.1) is 11.3 Å². The van der Waals surface area contributed by atoms with E-state index in [-0.39, 0.29) is 11.6 Å². The summed E-state index contributed by atoms with van der Waals surface area (Å²) in [5.74, 6) is 0.432. The summed E-state index contributed by atoms with van der Waals surface area (Å²) in [6.07, 6.45) is 0. The summed E-state index contributed by atoms with van der Waals surface area (Å²) >= 11 is 1.59. The molecule has 5 rings (SSSR count). The van der Waals surface area contributed by atoms with Crippen molar-refractivity contribution in [3.05, 3.63) is 68.6 Å². The van der Waals surface area contributed by atoms with Crippen molar-refractivity contribution in [2.75, 3.05) is 5.32 Å². The van der Waals surface area contributed by atoms with Gasteiger partial charge in [0.25, 0.3) is 5.56 Å². The highest BCUT2D eigenvalue weighted by Crippen LogP contribution is 2.42. The molecule has 9 heteroatoms. The fourth-order valence-electron chi connectivity index (χ4n) is 3.06. The zero-order chi connectivity index (χ0) is 16.8. The van der Waals surface area contributed by atoms with Crippen molar-refractivity contribution in [3.8, 4) is 11.3 Å². The Kier molecular flexibility index (Phi) is 3.01. The zero-order valence-corrected chi connectivity index (χ0v) is 13.6. The third kappa shape index (κ3) is 2.09. The quantitative estimate of drug-likeness (QED) is 0.506. The van der Waals surface area contributed by atoms with Crippen molar-refractivity contribution in [2.24, 2.45) is 0 Å². The van der Waals surface area contributed by atoms with Crippen LogP contribution in [0.1, 0.15) is 16.5 Å². The molecule has 0 bridgehead atoms. The molecule has 0 unspecified atom stereocenters. The fraction of sp³-hybridized carbons (Fsp3) is 0.0625. The van der Waals surface area contributed by atoms with Crippen molar-refractivity contribution in [2.45, 2.75) is 6.04 Å². The Morgan fingerprint density at radius 2 is 2.00 bits per heavy atom. The minimum Gasteiger partial charge on any atom is -0.318 e. The summed E-state index contributed by atoms with van der Waals surface area (Å²) in [5, 5.41) is 23.8. The number of hydrogen-bond donors (Lipinski definition) is 2. The maximum atomic E-state index is 12.4.